The average Bonchev–Trinajstić information content (AvgIpc) is 2.82. The fraction of sp³-hybridized carbons (Fsp3) is 0.407. The van der Waals surface area contributed by atoms with Crippen molar-refractivity contribution in [2.24, 2.45) is 23.2 Å². The van der Waals surface area contributed by atoms with E-state index in [1.165, 1.54) is 27.5 Å². The van der Waals surface area contributed by atoms with Crippen molar-refractivity contribution < 1.29 is 0 Å². The smallest absolute Gasteiger partial charge is 0.0537 e. The first kappa shape index (κ1) is 19.1. The van der Waals surface area contributed by atoms with Crippen molar-refractivity contribution in [2.45, 2.75) is 47.5 Å². The third kappa shape index (κ3) is 3.21. The molecule has 1 heterocycles. The summed E-state index contributed by atoms with van der Waals surface area (Å²) < 4.78 is 2.47. The first-order valence-electron chi connectivity index (χ1n) is 10.8. The lowest BCUT2D eigenvalue weighted by atomic mass is 9.79. The molecule has 2 aliphatic carbocycles. The maximum atomic E-state index is 2.50. The molecule has 0 bridgehead atoms. The fourth-order valence-electron chi connectivity index (χ4n) is 4.39. The van der Waals surface area contributed by atoms with E-state index < -0.39 is 0 Å². The molecule has 1 aromatic carbocycles. The van der Waals surface area contributed by atoms with Crippen molar-refractivity contribution >= 4 is 24.3 Å². The van der Waals surface area contributed by atoms with E-state index in [0.29, 0.717) is 11.8 Å². The Morgan fingerprint density at radius 1 is 0.929 bits per heavy atom. The summed E-state index contributed by atoms with van der Waals surface area (Å²) in [5.74, 6) is 1.99. The molecule has 1 nitrogen and oxygen atoms in total. The normalized spacial score (nSPS) is 23.6. The van der Waals surface area contributed by atoms with Gasteiger partial charge in [-0.05, 0) is 48.8 Å². The number of rotatable bonds is 3. The van der Waals surface area contributed by atoms with Gasteiger partial charge in [-0.25, -0.2) is 0 Å². The van der Waals surface area contributed by atoms with E-state index in [1.54, 1.807) is 0 Å². The van der Waals surface area contributed by atoms with Gasteiger partial charge in [0.1, 0.15) is 0 Å². The van der Waals surface area contributed by atoms with Gasteiger partial charge >= 0.3 is 0 Å². The highest BCUT2D eigenvalue weighted by Crippen LogP contribution is 2.35. The molecule has 28 heavy (non-hydrogen) atoms. The summed E-state index contributed by atoms with van der Waals surface area (Å²) in [6.45, 7) is 11.7. The van der Waals surface area contributed by atoms with E-state index in [9.17, 15) is 0 Å². The van der Waals surface area contributed by atoms with Gasteiger partial charge in [0.25, 0.3) is 0 Å². The van der Waals surface area contributed by atoms with Crippen molar-refractivity contribution in [3.05, 3.63) is 64.3 Å². The van der Waals surface area contributed by atoms with E-state index in [2.05, 4.69) is 106 Å². The molecule has 0 radical (unpaired) electrons. The Kier molecular flexibility index (Phi) is 4.95. The molecule has 1 aromatic heterocycles. The van der Waals surface area contributed by atoms with Gasteiger partial charge in [-0.2, -0.15) is 0 Å². The maximum Gasteiger partial charge on any atom is 0.0537 e. The van der Waals surface area contributed by atoms with Crippen molar-refractivity contribution in [2.75, 3.05) is 0 Å². The Balaban J connectivity index is 2.00. The molecule has 2 aliphatic rings. The summed E-state index contributed by atoms with van der Waals surface area (Å²) in [5, 5.41) is 2.78. The zero-order valence-electron chi connectivity index (χ0n) is 17.9. The minimum absolute atomic E-state index is 0.0856. The molecule has 2 aromatic rings. The van der Waals surface area contributed by atoms with Gasteiger partial charge in [-0.3, -0.25) is 0 Å². The standard InChI is InChI=1S/C27H33N/c1-19(2)21-11-13-23-24-15-17-27(5,20(3)4)18-16-26(24)28(25(23)14-12-21)22-9-7-6-8-10-22/h6-10,13-21H,11-12H2,1-5H3. The molecule has 4 rings (SSSR count). The van der Waals surface area contributed by atoms with Crippen LogP contribution in [0.25, 0.3) is 30.0 Å². The summed E-state index contributed by atoms with van der Waals surface area (Å²) in [4.78, 5) is 0. The number of nitrogens with zero attached hydrogens (tertiary/aromatic N) is 1. The summed E-state index contributed by atoms with van der Waals surface area (Å²) in [7, 11) is 0. The van der Waals surface area contributed by atoms with Gasteiger partial charge in [-0.1, -0.05) is 83.2 Å². The molecular formula is C27H33N. The SMILES string of the molecule is CC(C)C1CC=c2c3c(n(-c4ccccc4)c2=CC1)C=CC(C)(C(C)C)C=C3. The predicted octanol–water partition coefficient (Wildman–Crippen LogP) is 5.81. The Morgan fingerprint density at radius 2 is 1.61 bits per heavy atom. The highest BCUT2D eigenvalue weighted by molar-refractivity contribution is 5.71. The second-order valence-corrected chi connectivity index (χ2v) is 9.34. The number of allylic oxidation sites excluding steroid dienone is 2. The lowest BCUT2D eigenvalue weighted by molar-refractivity contribution is 0.387. The quantitative estimate of drug-likeness (QED) is 0.642. The molecular weight excluding hydrogens is 338 g/mol. The molecule has 0 fully saturated rings. The van der Waals surface area contributed by atoms with Crippen LogP contribution in [0.2, 0.25) is 0 Å². The summed E-state index contributed by atoms with van der Waals surface area (Å²) in [6, 6.07) is 10.8. The second-order valence-electron chi connectivity index (χ2n) is 9.34. The predicted molar refractivity (Wildman–Crippen MR) is 123 cm³/mol. The van der Waals surface area contributed by atoms with Crippen LogP contribution >= 0.6 is 0 Å². The molecule has 0 saturated carbocycles. The highest BCUT2D eigenvalue weighted by Gasteiger charge is 2.26. The van der Waals surface area contributed by atoms with Crippen molar-refractivity contribution in [1.29, 1.82) is 0 Å². The van der Waals surface area contributed by atoms with E-state index in [0.717, 1.165) is 18.8 Å². The van der Waals surface area contributed by atoms with Crippen molar-refractivity contribution in [1.82, 2.24) is 4.57 Å². The summed E-state index contributed by atoms with van der Waals surface area (Å²) in [6.07, 6.45) is 16.8. The van der Waals surface area contributed by atoms with Crippen LogP contribution in [0.4, 0.5) is 0 Å². The molecule has 0 amide bonds. The highest BCUT2D eigenvalue weighted by atomic mass is 15.0. The molecule has 2 unspecified atom stereocenters. The lowest BCUT2D eigenvalue weighted by Crippen LogP contribution is -2.29. The number of hydrogen-bond acceptors (Lipinski definition) is 0. The number of para-hydroxylation sites is 1. The van der Waals surface area contributed by atoms with Gasteiger partial charge in [0.05, 0.1) is 5.69 Å². The monoisotopic (exact) mass is 371 g/mol. The van der Waals surface area contributed by atoms with Crippen LogP contribution in [0, 0.1) is 23.2 Å². The molecule has 1 heteroatoms. The molecule has 146 valence electrons. The van der Waals surface area contributed by atoms with Crippen LogP contribution in [0.5, 0.6) is 0 Å². The van der Waals surface area contributed by atoms with Crippen LogP contribution in [0.1, 0.15) is 58.7 Å². The number of fused-ring (bicyclic) bond motifs is 3. The van der Waals surface area contributed by atoms with Gasteiger partial charge in [0.2, 0.25) is 0 Å². The Labute approximate surface area is 169 Å². The zero-order chi connectivity index (χ0) is 19.9. The zero-order valence-corrected chi connectivity index (χ0v) is 17.9. The van der Waals surface area contributed by atoms with Gasteiger partial charge in [0, 0.05) is 27.2 Å². The maximum absolute atomic E-state index is 2.50. The van der Waals surface area contributed by atoms with Crippen LogP contribution < -0.4 is 10.6 Å². The second kappa shape index (κ2) is 7.28. The van der Waals surface area contributed by atoms with Crippen molar-refractivity contribution in [3.8, 4) is 5.69 Å². The molecule has 0 aliphatic heterocycles. The third-order valence-corrected chi connectivity index (χ3v) is 6.97. The Hall–Kier alpha value is -2.28. The van der Waals surface area contributed by atoms with Gasteiger partial charge in [-0.15, -0.1) is 0 Å². The Bertz CT molecular complexity index is 1030. The van der Waals surface area contributed by atoms with E-state index in [1.807, 2.05) is 0 Å². The summed E-state index contributed by atoms with van der Waals surface area (Å²) >= 11 is 0. The fourth-order valence-corrected chi connectivity index (χ4v) is 4.39. The first-order valence-corrected chi connectivity index (χ1v) is 10.8. The number of aromatic nitrogens is 1. The average molecular weight is 372 g/mol. The Morgan fingerprint density at radius 3 is 2.29 bits per heavy atom. The largest absolute Gasteiger partial charge is 0.310 e. The number of benzene rings is 1. The third-order valence-electron chi connectivity index (χ3n) is 6.97. The van der Waals surface area contributed by atoms with Crippen LogP contribution in [0.3, 0.4) is 0 Å². The lowest BCUT2D eigenvalue weighted by Gasteiger charge is -2.26. The van der Waals surface area contributed by atoms with Gasteiger partial charge < -0.3 is 4.57 Å². The molecule has 0 N–H and O–H groups in total. The van der Waals surface area contributed by atoms with Gasteiger partial charge in [0.15, 0.2) is 0 Å². The van der Waals surface area contributed by atoms with E-state index in [4.69, 9.17) is 0 Å². The van der Waals surface area contributed by atoms with E-state index >= 15 is 0 Å². The van der Waals surface area contributed by atoms with Crippen LogP contribution in [0.15, 0.2) is 42.5 Å². The molecule has 0 spiro atoms. The van der Waals surface area contributed by atoms with E-state index in [-0.39, 0.29) is 5.41 Å². The minimum Gasteiger partial charge on any atom is -0.310 e. The molecule has 2 atom stereocenters. The van der Waals surface area contributed by atoms with Crippen LogP contribution in [-0.2, 0) is 0 Å². The van der Waals surface area contributed by atoms with Crippen LogP contribution in [-0.4, -0.2) is 4.57 Å². The first-order chi connectivity index (χ1) is 13.4. The summed E-state index contributed by atoms with van der Waals surface area (Å²) in [5.41, 5.74) is 4.02. The minimum atomic E-state index is 0.0856. The molecule has 0 saturated heterocycles. The van der Waals surface area contributed by atoms with Crippen molar-refractivity contribution in [3.63, 3.8) is 0 Å². The number of hydrogen-bond donors (Lipinski definition) is 0. The topological polar surface area (TPSA) is 4.93 Å².